The highest BCUT2D eigenvalue weighted by Gasteiger charge is 2.32. The van der Waals surface area contributed by atoms with Gasteiger partial charge in [0.25, 0.3) is 0 Å². The lowest BCUT2D eigenvalue weighted by Gasteiger charge is -2.17. The molecule has 0 aliphatic carbocycles. The first-order valence-corrected chi connectivity index (χ1v) is 7.36. The number of nitrogens with one attached hydrogen (secondary N) is 1. The third-order valence-corrected chi connectivity index (χ3v) is 3.63. The number of nitrogens with zero attached hydrogens (tertiary/aromatic N) is 3. The van der Waals surface area contributed by atoms with Crippen molar-refractivity contribution in [1.29, 1.82) is 0 Å². The molecule has 2 rings (SSSR count). The third-order valence-electron chi connectivity index (χ3n) is 3.63. The zero-order chi connectivity index (χ0) is 17.0. The van der Waals surface area contributed by atoms with E-state index < -0.39 is 11.9 Å². The van der Waals surface area contributed by atoms with E-state index >= 15 is 0 Å². The molecule has 124 valence electrons. The van der Waals surface area contributed by atoms with Crippen LogP contribution < -0.4 is 5.32 Å². The average molecular weight is 324 g/mol. The van der Waals surface area contributed by atoms with Crippen molar-refractivity contribution in [3.05, 3.63) is 42.0 Å². The van der Waals surface area contributed by atoms with Gasteiger partial charge in [0.05, 0.1) is 5.69 Å². The Morgan fingerprint density at radius 3 is 2.39 bits per heavy atom. The van der Waals surface area contributed by atoms with Gasteiger partial charge < -0.3 is 5.32 Å². The van der Waals surface area contributed by atoms with Crippen LogP contribution in [-0.2, 0) is 12.7 Å². The Balaban J connectivity index is 2.13. The van der Waals surface area contributed by atoms with Crippen LogP contribution in [0.15, 0.2) is 30.6 Å². The SMILES string of the molecule is CC(C)[C@@H](C)NCc1ccnc(-c2ccc(C(F)(F)F)nc2)n1. The van der Waals surface area contributed by atoms with Gasteiger partial charge in [-0.15, -0.1) is 0 Å². The summed E-state index contributed by atoms with van der Waals surface area (Å²) >= 11 is 0. The van der Waals surface area contributed by atoms with Crippen molar-refractivity contribution in [2.75, 3.05) is 0 Å². The van der Waals surface area contributed by atoms with Crippen molar-refractivity contribution in [2.24, 2.45) is 5.92 Å². The summed E-state index contributed by atoms with van der Waals surface area (Å²) in [7, 11) is 0. The van der Waals surface area contributed by atoms with E-state index in [-0.39, 0.29) is 0 Å². The van der Waals surface area contributed by atoms with Crippen LogP contribution in [0.2, 0.25) is 0 Å². The number of aromatic nitrogens is 3. The van der Waals surface area contributed by atoms with Crippen LogP contribution >= 0.6 is 0 Å². The highest BCUT2D eigenvalue weighted by molar-refractivity contribution is 5.53. The van der Waals surface area contributed by atoms with Gasteiger partial charge in [0, 0.05) is 30.5 Å². The maximum absolute atomic E-state index is 12.5. The number of pyridine rings is 1. The van der Waals surface area contributed by atoms with E-state index in [4.69, 9.17) is 0 Å². The van der Waals surface area contributed by atoms with E-state index in [9.17, 15) is 13.2 Å². The lowest BCUT2D eigenvalue weighted by molar-refractivity contribution is -0.141. The first-order valence-electron chi connectivity index (χ1n) is 7.36. The standard InChI is InChI=1S/C16H19F3N4/c1-10(2)11(3)21-9-13-6-7-20-15(23-13)12-4-5-14(22-8-12)16(17,18)19/h4-8,10-11,21H,9H2,1-3H3/t11-/m1/s1. The van der Waals surface area contributed by atoms with Crippen molar-refractivity contribution in [1.82, 2.24) is 20.3 Å². The average Bonchev–Trinajstić information content (AvgIpc) is 2.52. The summed E-state index contributed by atoms with van der Waals surface area (Å²) in [6.45, 7) is 6.91. The molecule has 4 nitrogen and oxygen atoms in total. The second-order valence-electron chi connectivity index (χ2n) is 5.72. The van der Waals surface area contributed by atoms with E-state index in [1.54, 1.807) is 12.3 Å². The van der Waals surface area contributed by atoms with Gasteiger partial charge in [0.1, 0.15) is 5.69 Å². The molecule has 0 aliphatic rings. The van der Waals surface area contributed by atoms with Crippen LogP contribution in [0.25, 0.3) is 11.4 Å². The quantitative estimate of drug-likeness (QED) is 0.911. The highest BCUT2D eigenvalue weighted by atomic mass is 19.4. The molecular weight excluding hydrogens is 305 g/mol. The monoisotopic (exact) mass is 324 g/mol. The molecule has 0 saturated heterocycles. The van der Waals surface area contributed by atoms with Crippen LogP contribution in [0.3, 0.4) is 0 Å². The van der Waals surface area contributed by atoms with Crippen molar-refractivity contribution in [2.45, 2.75) is 39.5 Å². The van der Waals surface area contributed by atoms with Crippen LogP contribution in [-0.4, -0.2) is 21.0 Å². The van der Waals surface area contributed by atoms with Crippen LogP contribution in [0.1, 0.15) is 32.2 Å². The van der Waals surface area contributed by atoms with Gasteiger partial charge in [0.2, 0.25) is 0 Å². The summed E-state index contributed by atoms with van der Waals surface area (Å²) in [5.74, 6) is 0.859. The minimum Gasteiger partial charge on any atom is -0.308 e. The van der Waals surface area contributed by atoms with Gasteiger partial charge in [-0.2, -0.15) is 13.2 Å². The Morgan fingerprint density at radius 2 is 1.83 bits per heavy atom. The summed E-state index contributed by atoms with van der Waals surface area (Å²) in [5, 5.41) is 3.35. The molecule has 0 fully saturated rings. The van der Waals surface area contributed by atoms with E-state index in [1.807, 2.05) is 0 Å². The van der Waals surface area contributed by atoms with Gasteiger partial charge in [-0.1, -0.05) is 13.8 Å². The summed E-state index contributed by atoms with van der Waals surface area (Å²) in [6.07, 6.45) is -1.71. The fourth-order valence-corrected chi connectivity index (χ4v) is 1.83. The second-order valence-corrected chi connectivity index (χ2v) is 5.72. The number of rotatable bonds is 5. The summed E-state index contributed by atoms with van der Waals surface area (Å²) < 4.78 is 37.6. The topological polar surface area (TPSA) is 50.7 Å². The maximum Gasteiger partial charge on any atom is 0.433 e. The molecule has 2 aromatic heterocycles. The molecule has 0 saturated carbocycles. The molecule has 2 heterocycles. The Hall–Kier alpha value is -2.02. The molecule has 0 aromatic carbocycles. The molecule has 0 radical (unpaired) electrons. The predicted octanol–water partition coefficient (Wildman–Crippen LogP) is 3.69. The number of hydrogen-bond acceptors (Lipinski definition) is 4. The zero-order valence-corrected chi connectivity index (χ0v) is 13.2. The molecule has 0 amide bonds. The summed E-state index contributed by atoms with van der Waals surface area (Å²) in [4.78, 5) is 11.9. The lowest BCUT2D eigenvalue weighted by atomic mass is 10.1. The second kappa shape index (κ2) is 7.04. The largest absolute Gasteiger partial charge is 0.433 e. The number of hydrogen-bond donors (Lipinski definition) is 1. The fraction of sp³-hybridized carbons (Fsp3) is 0.438. The lowest BCUT2D eigenvalue weighted by Crippen LogP contribution is -2.30. The highest BCUT2D eigenvalue weighted by Crippen LogP contribution is 2.28. The minimum atomic E-state index is -4.45. The molecule has 1 atom stereocenters. The molecule has 0 bridgehead atoms. The molecule has 0 aliphatic heterocycles. The Kier molecular flexibility index (Phi) is 5.30. The Morgan fingerprint density at radius 1 is 1.09 bits per heavy atom. The summed E-state index contributed by atoms with van der Waals surface area (Å²) in [5.41, 5.74) is 0.309. The van der Waals surface area contributed by atoms with Gasteiger partial charge in [-0.25, -0.2) is 9.97 Å². The number of halogens is 3. The van der Waals surface area contributed by atoms with Gasteiger partial charge in [-0.3, -0.25) is 4.98 Å². The van der Waals surface area contributed by atoms with E-state index in [0.717, 1.165) is 18.0 Å². The normalized spacial score (nSPS) is 13.3. The fourth-order valence-electron chi connectivity index (χ4n) is 1.83. The number of alkyl halides is 3. The predicted molar refractivity (Wildman–Crippen MR) is 81.4 cm³/mol. The van der Waals surface area contributed by atoms with Crippen molar-refractivity contribution < 1.29 is 13.2 Å². The van der Waals surface area contributed by atoms with Crippen LogP contribution in [0, 0.1) is 5.92 Å². The van der Waals surface area contributed by atoms with E-state index in [2.05, 4.69) is 41.0 Å². The zero-order valence-electron chi connectivity index (χ0n) is 13.2. The first kappa shape index (κ1) is 17.3. The third kappa shape index (κ3) is 4.72. The summed E-state index contributed by atoms with van der Waals surface area (Å²) in [6, 6.07) is 4.38. The molecule has 2 aromatic rings. The van der Waals surface area contributed by atoms with Crippen LogP contribution in [0.5, 0.6) is 0 Å². The Bertz CT molecular complexity index is 639. The van der Waals surface area contributed by atoms with E-state index in [0.29, 0.717) is 29.9 Å². The van der Waals surface area contributed by atoms with Gasteiger partial charge in [0.15, 0.2) is 5.82 Å². The molecule has 7 heteroatoms. The molecule has 0 unspecified atom stereocenters. The molecule has 23 heavy (non-hydrogen) atoms. The molecule has 1 N–H and O–H groups in total. The maximum atomic E-state index is 12.5. The molecule has 0 spiro atoms. The van der Waals surface area contributed by atoms with Gasteiger partial charge in [-0.05, 0) is 31.0 Å². The van der Waals surface area contributed by atoms with E-state index in [1.165, 1.54) is 6.07 Å². The minimum absolute atomic E-state index is 0.334. The van der Waals surface area contributed by atoms with Crippen molar-refractivity contribution >= 4 is 0 Å². The van der Waals surface area contributed by atoms with Gasteiger partial charge >= 0.3 is 6.18 Å². The van der Waals surface area contributed by atoms with Crippen molar-refractivity contribution in [3.8, 4) is 11.4 Å². The van der Waals surface area contributed by atoms with Crippen molar-refractivity contribution in [3.63, 3.8) is 0 Å². The van der Waals surface area contributed by atoms with Crippen LogP contribution in [0.4, 0.5) is 13.2 Å². The Labute approximate surface area is 133 Å². The smallest absolute Gasteiger partial charge is 0.308 e. The molecular formula is C16H19F3N4. The first-order chi connectivity index (χ1) is 10.8.